The lowest BCUT2D eigenvalue weighted by atomic mass is 10.2. The topological polar surface area (TPSA) is 62.2 Å². The van der Waals surface area contributed by atoms with Crippen LogP contribution >= 0.6 is 23.2 Å². The molecular formula is C12H7Cl2FN2O2. The molecule has 2 N–H and O–H groups in total. The maximum Gasteiger partial charge on any atom is 0.337 e. The molecule has 7 heteroatoms. The molecule has 4 nitrogen and oxygen atoms in total. The third-order valence-corrected chi connectivity index (χ3v) is 2.82. The van der Waals surface area contributed by atoms with Gasteiger partial charge in [-0.1, -0.05) is 23.2 Å². The van der Waals surface area contributed by atoms with Crippen LogP contribution in [0.25, 0.3) is 0 Å². The van der Waals surface area contributed by atoms with Crippen LogP contribution < -0.4 is 5.32 Å². The predicted molar refractivity (Wildman–Crippen MR) is 70.9 cm³/mol. The fourth-order valence-electron chi connectivity index (χ4n) is 1.37. The summed E-state index contributed by atoms with van der Waals surface area (Å²) in [7, 11) is 0. The van der Waals surface area contributed by atoms with Crippen molar-refractivity contribution < 1.29 is 14.3 Å². The van der Waals surface area contributed by atoms with E-state index in [1.165, 1.54) is 30.5 Å². The van der Waals surface area contributed by atoms with Crippen LogP contribution in [0.15, 0.2) is 30.5 Å². The first-order valence-corrected chi connectivity index (χ1v) is 5.84. The zero-order valence-corrected chi connectivity index (χ0v) is 10.8. The van der Waals surface area contributed by atoms with Gasteiger partial charge in [0.05, 0.1) is 15.6 Å². The summed E-state index contributed by atoms with van der Waals surface area (Å²) in [6, 6.07) is 5.59. The highest BCUT2D eigenvalue weighted by Crippen LogP contribution is 2.28. The first kappa shape index (κ1) is 13.6. The van der Waals surface area contributed by atoms with Gasteiger partial charge < -0.3 is 10.4 Å². The number of carboxylic acids is 1. The molecule has 1 aromatic heterocycles. The number of aromatic carboxylic acids is 1. The van der Waals surface area contributed by atoms with Crippen molar-refractivity contribution in [2.75, 3.05) is 5.32 Å². The van der Waals surface area contributed by atoms with Gasteiger partial charge in [-0.15, -0.1) is 0 Å². The molecule has 19 heavy (non-hydrogen) atoms. The number of hydrogen-bond donors (Lipinski definition) is 2. The Morgan fingerprint density at radius 3 is 2.37 bits per heavy atom. The van der Waals surface area contributed by atoms with Crippen molar-refractivity contribution in [2.45, 2.75) is 0 Å². The zero-order chi connectivity index (χ0) is 14.0. The monoisotopic (exact) mass is 300 g/mol. The van der Waals surface area contributed by atoms with E-state index in [2.05, 4.69) is 10.3 Å². The van der Waals surface area contributed by atoms with E-state index in [-0.39, 0.29) is 15.6 Å². The Balaban J connectivity index is 2.24. The molecule has 0 aliphatic rings. The Bertz CT molecular complexity index is 609. The Labute approximate surface area is 117 Å². The highest BCUT2D eigenvalue weighted by Gasteiger charge is 2.08. The molecule has 0 saturated carbocycles. The molecular weight excluding hydrogens is 294 g/mol. The van der Waals surface area contributed by atoms with E-state index in [9.17, 15) is 9.18 Å². The summed E-state index contributed by atoms with van der Waals surface area (Å²) in [4.78, 5) is 14.6. The molecule has 0 aliphatic carbocycles. The van der Waals surface area contributed by atoms with Gasteiger partial charge in [0.15, 0.2) is 5.82 Å². The molecule has 2 aromatic rings. The van der Waals surface area contributed by atoms with Gasteiger partial charge in [0.25, 0.3) is 0 Å². The van der Waals surface area contributed by atoms with E-state index in [1.807, 2.05) is 0 Å². The number of aromatic nitrogens is 1. The standard InChI is InChI=1S/C12H7Cl2FN2O2/c13-8-3-7(4-9(14)11(8)15)17-10-2-1-6(5-16-10)12(18)19/h1-5H,(H,16,17)(H,18,19). The summed E-state index contributed by atoms with van der Waals surface area (Å²) in [5, 5.41) is 11.3. The molecule has 0 spiro atoms. The summed E-state index contributed by atoms with van der Waals surface area (Å²) >= 11 is 11.3. The molecule has 0 aliphatic heterocycles. The minimum absolute atomic E-state index is 0.0701. The van der Waals surface area contributed by atoms with Crippen LogP contribution in [-0.2, 0) is 0 Å². The second kappa shape index (κ2) is 5.42. The Morgan fingerprint density at radius 1 is 1.26 bits per heavy atom. The summed E-state index contributed by atoms with van der Waals surface area (Å²) in [6.45, 7) is 0. The molecule has 0 radical (unpaired) electrons. The van der Waals surface area contributed by atoms with Crippen LogP contribution in [-0.4, -0.2) is 16.1 Å². The van der Waals surface area contributed by atoms with E-state index in [0.717, 1.165) is 0 Å². The summed E-state index contributed by atoms with van der Waals surface area (Å²) < 4.78 is 13.2. The summed E-state index contributed by atoms with van der Waals surface area (Å²) in [5.41, 5.74) is 0.521. The summed E-state index contributed by atoms with van der Waals surface area (Å²) in [6.07, 6.45) is 1.21. The van der Waals surface area contributed by atoms with Crippen molar-refractivity contribution in [3.8, 4) is 0 Å². The molecule has 0 fully saturated rings. The summed E-state index contributed by atoms with van der Waals surface area (Å²) in [5.74, 6) is -1.36. The van der Waals surface area contributed by atoms with Crippen LogP contribution in [0.4, 0.5) is 15.9 Å². The maximum absolute atomic E-state index is 13.2. The molecule has 0 atom stereocenters. The number of halogens is 3. The van der Waals surface area contributed by atoms with Crippen LogP contribution in [0.5, 0.6) is 0 Å². The van der Waals surface area contributed by atoms with Crippen molar-refractivity contribution in [3.63, 3.8) is 0 Å². The number of benzene rings is 1. The molecule has 0 bridgehead atoms. The van der Waals surface area contributed by atoms with Crippen LogP contribution in [0, 0.1) is 5.82 Å². The zero-order valence-electron chi connectivity index (χ0n) is 9.32. The Kier molecular flexibility index (Phi) is 3.87. The van der Waals surface area contributed by atoms with Crippen molar-refractivity contribution in [3.05, 3.63) is 51.9 Å². The number of nitrogens with one attached hydrogen (secondary N) is 1. The minimum atomic E-state index is -1.06. The molecule has 1 aromatic carbocycles. The van der Waals surface area contributed by atoms with E-state index in [0.29, 0.717) is 11.5 Å². The number of pyridine rings is 1. The Morgan fingerprint density at radius 2 is 1.89 bits per heavy atom. The molecule has 0 amide bonds. The fraction of sp³-hybridized carbons (Fsp3) is 0. The second-order valence-corrected chi connectivity index (χ2v) is 4.43. The van der Waals surface area contributed by atoms with E-state index in [1.54, 1.807) is 0 Å². The highest BCUT2D eigenvalue weighted by molar-refractivity contribution is 6.35. The smallest absolute Gasteiger partial charge is 0.337 e. The number of nitrogens with zero attached hydrogens (tertiary/aromatic N) is 1. The SMILES string of the molecule is O=C(O)c1ccc(Nc2cc(Cl)c(F)c(Cl)c2)nc1. The highest BCUT2D eigenvalue weighted by atomic mass is 35.5. The normalized spacial score (nSPS) is 10.3. The minimum Gasteiger partial charge on any atom is -0.478 e. The first-order valence-electron chi connectivity index (χ1n) is 5.08. The quantitative estimate of drug-likeness (QED) is 0.842. The van der Waals surface area contributed by atoms with Crippen molar-refractivity contribution in [2.24, 2.45) is 0 Å². The molecule has 2 rings (SSSR count). The first-order chi connectivity index (χ1) is 8.97. The third-order valence-electron chi connectivity index (χ3n) is 2.27. The van der Waals surface area contributed by atoms with Gasteiger partial charge in [-0.3, -0.25) is 0 Å². The van der Waals surface area contributed by atoms with Crippen LogP contribution in [0.3, 0.4) is 0 Å². The van der Waals surface area contributed by atoms with Gasteiger partial charge in [0.1, 0.15) is 5.82 Å². The number of carbonyl (C=O) groups is 1. The number of anilines is 2. The van der Waals surface area contributed by atoms with Gasteiger partial charge in [-0.2, -0.15) is 0 Å². The van der Waals surface area contributed by atoms with Crippen LogP contribution in [0.2, 0.25) is 10.0 Å². The second-order valence-electron chi connectivity index (χ2n) is 3.62. The van der Waals surface area contributed by atoms with Gasteiger partial charge in [-0.05, 0) is 24.3 Å². The molecule has 98 valence electrons. The Hall–Kier alpha value is -1.85. The predicted octanol–water partition coefficient (Wildman–Crippen LogP) is 3.97. The molecule has 0 saturated heterocycles. The van der Waals surface area contributed by atoms with E-state index >= 15 is 0 Å². The molecule has 1 heterocycles. The molecule has 0 unspecified atom stereocenters. The van der Waals surface area contributed by atoms with Gasteiger partial charge in [0, 0.05) is 11.9 Å². The van der Waals surface area contributed by atoms with Crippen molar-refractivity contribution in [1.82, 2.24) is 4.98 Å². The fourth-order valence-corrected chi connectivity index (χ4v) is 1.86. The van der Waals surface area contributed by atoms with Gasteiger partial charge >= 0.3 is 5.97 Å². The lowest BCUT2D eigenvalue weighted by molar-refractivity contribution is 0.0696. The van der Waals surface area contributed by atoms with Crippen molar-refractivity contribution in [1.29, 1.82) is 0 Å². The number of rotatable bonds is 3. The maximum atomic E-state index is 13.2. The van der Waals surface area contributed by atoms with Crippen molar-refractivity contribution >= 4 is 40.7 Å². The van der Waals surface area contributed by atoms with Gasteiger partial charge in [-0.25, -0.2) is 14.2 Å². The van der Waals surface area contributed by atoms with E-state index < -0.39 is 11.8 Å². The number of carboxylic acid groups (broad SMARTS) is 1. The average Bonchev–Trinajstić information content (AvgIpc) is 2.36. The lowest BCUT2D eigenvalue weighted by Crippen LogP contribution is -1.99. The largest absolute Gasteiger partial charge is 0.478 e. The van der Waals surface area contributed by atoms with Gasteiger partial charge in [0.2, 0.25) is 0 Å². The van der Waals surface area contributed by atoms with E-state index in [4.69, 9.17) is 28.3 Å². The third kappa shape index (κ3) is 3.13. The average molecular weight is 301 g/mol. The lowest BCUT2D eigenvalue weighted by Gasteiger charge is -2.07. The van der Waals surface area contributed by atoms with Crippen LogP contribution in [0.1, 0.15) is 10.4 Å². The number of hydrogen-bond acceptors (Lipinski definition) is 3.